The summed E-state index contributed by atoms with van der Waals surface area (Å²) in [5, 5.41) is 11.2. The fourth-order valence-electron chi connectivity index (χ4n) is 1.26. The lowest BCUT2D eigenvalue weighted by Crippen LogP contribution is -2.24. The molecule has 0 fully saturated rings. The number of carbonyl (C=O) groups is 2. The van der Waals surface area contributed by atoms with Crippen molar-refractivity contribution in [1.82, 2.24) is 10.3 Å². The lowest BCUT2D eigenvalue weighted by Gasteiger charge is -2.01. The molecule has 88 valence electrons. The van der Waals surface area contributed by atoms with Gasteiger partial charge in [0.25, 0.3) is 5.91 Å². The third kappa shape index (κ3) is 3.51. The molecule has 0 aliphatic carbocycles. The molecule has 1 rings (SSSR count). The van der Waals surface area contributed by atoms with E-state index >= 15 is 0 Å². The second kappa shape index (κ2) is 6.07. The second-order valence-electron chi connectivity index (χ2n) is 3.54. The first-order chi connectivity index (χ1) is 7.65. The standard InChI is InChI=1S/C11H16N2O3/c1-8(15)9-6-10(13-7-9)11(16)12-4-2-3-5-14/h6-7,13-14H,2-5H2,1H3,(H,12,16). The minimum Gasteiger partial charge on any atom is -0.396 e. The van der Waals surface area contributed by atoms with Gasteiger partial charge in [0, 0.05) is 24.9 Å². The Labute approximate surface area is 93.9 Å². The molecule has 0 bridgehead atoms. The number of Topliss-reactive ketones (excluding diaryl/α,β-unsaturated/α-hetero) is 1. The van der Waals surface area contributed by atoms with Gasteiger partial charge in [0.1, 0.15) is 5.69 Å². The van der Waals surface area contributed by atoms with Crippen LogP contribution in [0.1, 0.15) is 40.6 Å². The number of carbonyl (C=O) groups excluding carboxylic acids is 2. The highest BCUT2D eigenvalue weighted by molar-refractivity contribution is 5.98. The first-order valence-electron chi connectivity index (χ1n) is 5.23. The van der Waals surface area contributed by atoms with Gasteiger partial charge in [-0.05, 0) is 25.8 Å². The van der Waals surface area contributed by atoms with Gasteiger partial charge < -0.3 is 15.4 Å². The molecular weight excluding hydrogens is 208 g/mol. The Hall–Kier alpha value is -1.62. The van der Waals surface area contributed by atoms with Crippen molar-refractivity contribution < 1.29 is 14.7 Å². The Bertz CT molecular complexity index is 371. The number of hydrogen-bond acceptors (Lipinski definition) is 3. The summed E-state index contributed by atoms with van der Waals surface area (Å²) < 4.78 is 0. The van der Waals surface area contributed by atoms with Crippen molar-refractivity contribution >= 4 is 11.7 Å². The molecular formula is C11H16N2O3. The minimum atomic E-state index is -0.231. The molecule has 16 heavy (non-hydrogen) atoms. The van der Waals surface area contributed by atoms with Crippen molar-refractivity contribution in [3.8, 4) is 0 Å². The Kier molecular flexibility index (Phi) is 4.72. The van der Waals surface area contributed by atoms with Crippen molar-refractivity contribution in [2.75, 3.05) is 13.2 Å². The van der Waals surface area contributed by atoms with E-state index in [9.17, 15) is 9.59 Å². The fourth-order valence-corrected chi connectivity index (χ4v) is 1.26. The maximum absolute atomic E-state index is 11.5. The summed E-state index contributed by atoms with van der Waals surface area (Å²) in [6.07, 6.45) is 2.93. The van der Waals surface area contributed by atoms with Crippen molar-refractivity contribution in [2.24, 2.45) is 0 Å². The second-order valence-corrected chi connectivity index (χ2v) is 3.54. The largest absolute Gasteiger partial charge is 0.396 e. The number of amides is 1. The molecule has 3 N–H and O–H groups in total. The maximum atomic E-state index is 11.5. The van der Waals surface area contributed by atoms with Crippen molar-refractivity contribution in [1.29, 1.82) is 0 Å². The zero-order valence-corrected chi connectivity index (χ0v) is 9.25. The van der Waals surface area contributed by atoms with Crippen molar-refractivity contribution in [2.45, 2.75) is 19.8 Å². The molecule has 0 aliphatic heterocycles. The van der Waals surface area contributed by atoms with Crippen LogP contribution in [0.3, 0.4) is 0 Å². The molecule has 1 amide bonds. The quantitative estimate of drug-likeness (QED) is 0.492. The highest BCUT2D eigenvalue weighted by Gasteiger charge is 2.09. The summed E-state index contributed by atoms with van der Waals surface area (Å²) in [6.45, 7) is 2.10. The van der Waals surface area contributed by atoms with Gasteiger partial charge in [0.15, 0.2) is 5.78 Å². The van der Waals surface area contributed by atoms with Gasteiger partial charge in [-0.25, -0.2) is 0 Å². The highest BCUT2D eigenvalue weighted by Crippen LogP contribution is 2.04. The molecule has 0 radical (unpaired) electrons. The van der Waals surface area contributed by atoms with E-state index in [4.69, 9.17) is 5.11 Å². The van der Waals surface area contributed by atoms with Crippen LogP contribution < -0.4 is 5.32 Å². The SMILES string of the molecule is CC(=O)c1c[nH]c(C(=O)NCCCCO)c1. The van der Waals surface area contributed by atoms with Crippen LogP contribution in [-0.4, -0.2) is 34.9 Å². The zero-order valence-electron chi connectivity index (χ0n) is 9.25. The highest BCUT2D eigenvalue weighted by atomic mass is 16.3. The maximum Gasteiger partial charge on any atom is 0.267 e. The number of H-pyrrole nitrogens is 1. The summed E-state index contributed by atoms with van der Waals surface area (Å²) >= 11 is 0. The Balaban J connectivity index is 2.43. The number of aromatic amines is 1. The molecule has 1 heterocycles. The number of ketones is 1. The van der Waals surface area contributed by atoms with E-state index in [0.29, 0.717) is 24.2 Å². The molecule has 0 unspecified atom stereocenters. The van der Waals surface area contributed by atoms with Crippen LogP contribution in [-0.2, 0) is 0 Å². The molecule has 0 atom stereocenters. The minimum absolute atomic E-state index is 0.0735. The topological polar surface area (TPSA) is 82.2 Å². The number of aromatic nitrogens is 1. The fraction of sp³-hybridized carbons (Fsp3) is 0.455. The monoisotopic (exact) mass is 224 g/mol. The number of aliphatic hydroxyl groups is 1. The molecule has 0 saturated heterocycles. The van der Waals surface area contributed by atoms with Crippen molar-refractivity contribution in [3.05, 3.63) is 23.5 Å². The molecule has 0 aromatic carbocycles. The van der Waals surface area contributed by atoms with Gasteiger partial charge >= 0.3 is 0 Å². The van der Waals surface area contributed by atoms with E-state index in [-0.39, 0.29) is 18.3 Å². The lowest BCUT2D eigenvalue weighted by molar-refractivity contribution is 0.0947. The average molecular weight is 224 g/mol. The molecule has 1 aromatic heterocycles. The summed E-state index contributed by atoms with van der Waals surface area (Å²) in [5.41, 5.74) is 0.884. The third-order valence-electron chi connectivity index (χ3n) is 2.20. The van der Waals surface area contributed by atoms with Crippen LogP contribution >= 0.6 is 0 Å². The van der Waals surface area contributed by atoms with E-state index in [1.54, 1.807) is 0 Å². The molecule has 1 aromatic rings. The number of nitrogens with one attached hydrogen (secondary N) is 2. The predicted molar refractivity (Wildman–Crippen MR) is 59.5 cm³/mol. The molecule has 0 spiro atoms. The Morgan fingerprint density at radius 2 is 2.19 bits per heavy atom. The summed E-state index contributed by atoms with van der Waals surface area (Å²) in [4.78, 5) is 25.3. The summed E-state index contributed by atoms with van der Waals surface area (Å²) in [7, 11) is 0. The molecule has 0 aliphatic rings. The smallest absolute Gasteiger partial charge is 0.267 e. The summed E-state index contributed by atoms with van der Waals surface area (Å²) in [6, 6.07) is 1.53. The average Bonchev–Trinajstić information content (AvgIpc) is 2.73. The van der Waals surface area contributed by atoms with E-state index in [1.165, 1.54) is 19.2 Å². The zero-order chi connectivity index (χ0) is 12.0. The first kappa shape index (κ1) is 12.4. The van der Waals surface area contributed by atoms with Gasteiger partial charge in [-0.1, -0.05) is 0 Å². The van der Waals surface area contributed by atoms with E-state index in [0.717, 1.165) is 6.42 Å². The lowest BCUT2D eigenvalue weighted by atomic mass is 10.2. The van der Waals surface area contributed by atoms with Crippen LogP contribution in [0.15, 0.2) is 12.3 Å². The molecule has 5 nitrogen and oxygen atoms in total. The van der Waals surface area contributed by atoms with Gasteiger partial charge in [0.2, 0.25) is 0 Å². The molecule has 0 saturated carbocycles. The van der Waals surface area contributed by atoms with E-state index < -0.39 is 0 Å². The number of rotatable bonds is 6. The van der Waals surface area contributed by atoms with E-state index in [2.05, 4.69) is 10.3 Å². The van der Waals surface area contributed by atoms with Crippen LogP contribution in [0.2, 0.25) is 0 Å². The van der Waals surface area contributed by atoms with Gasteiger partial charge in [-0.2, -0.15) is 0 Å². The van der Waals surface area contributed by atoms with Crippen molar-refractivity contribution in [3.63, 3.8) is 0 Å². The first-order valence-corrected chi connectivity index (χ1v) is 5.23. The molecule has 5 heteroatoms. The van der Waals surface area contributed by atoms with Gasteiger partial charge in [-0.15, -0.1) is 0 Å². The third-order valence-corrected chi connectivity index (χ3v) is 2.20. The summed E-state index contributed by atoms with van der Waals surface area (Å²) in [5.74, 6) is -0.305. The number of hydrogen-bond donors (Lipinski definition) is 3. The Morgan fingerprint density at radius 1 is 1.44 bits per heavy atom. The Morgan fingerprint density at radius 3 is 2.75 bits per heavy atom. The van der Waals surface area contributed by atoms with Crippen LogP contribution in [0.25, 0.3) is 0 Å². The predicted octanol–water partition coefficient (Wildman–Crippen LogP) is 0.720. The van der Waals surface area contributed by atoms with Crippen LogP contribution in [0.5, 0.6) is 0 Å². The van der Waals surface area contributed by atoms with E-state index in [1.807, 2.05) is 0 Å². The van der Waals surface area contributed by atoms with Crippen LogP contribution in [0.4, 0.5) is 0 Å². The number of aliphatic hydroxyl groups excluding tert-OH is 1. The normalized spacial score (nSPS) is 10.1. The number of unbranched alkanes of at least 4 members (excludes halogenated alkanes) is 1. The van der Waals surface area contributed by atoms with Gasteiger partial charge in [0.05, 0.1) is 0 Å². The van der Waals surface area contributed by atoms with Gasteiger partial charge in [-0.3, -0.25) is 9.59 Å². The van der Waals surface area contributed by atoms with Crippen LogP contribution in [0, 0.1) is 0 Å².